The first-order valence-corrected chi connectivity index (χ1v) is 15.0. The number of anilines is 2. The highest BCUT2D eigenvalue weighted by atomic mass is 16.2. The quantitative estimate of drug-likeness (QED) is 0.272. The zero-order valence-corrected chi connectivity index (χ0v) is 25.9. The number of hydrogen-bond acceptors (Lipinski definition) is 6. The summed E-state index contributed by atoms with van der Waals surface area (Å²) in [5.41, 5.74) is 3.62. The van der Waals surface area contributed by atoms with E-state index in [9.17, 15) is 14.4 Å². The zero-order valence-electron chi connectivity index (χ0n) is 25.9. The largest absolute Gasteiger partial charge is 0.365 e. The number of amides is 4. The van der Waals surface area contributed by atoms with Crippen LogP contribution >= 0.6 is 0 Å². The Hall–Kier alpha value is -4.64. The van der Waals surface area contributed by atoms with Crippen molar-refractivity contribution in [1.82, 2.24) is 30.2 Å². The molecule has 1 saturated heterocycles. The fraction of sp³-hybridized carbons (Fsp3) is 0.394. The Kier molecular flexibility index (Phi) is 9.05. The molecule has 4 amide bonds. The van der Waals surface area contributed by atoms with Gasteiger partial charge >= 0.3 is 6.03 Å². The molecule has 232 valence electrons. The lowest BCUT2D eigenvalue weighted by molar-refractivity contribution is -0.111. The molecular weight excluding hydrogens is 556 g/mol. The van der Waals surface area contributed by atoms with E-state index in [1.807, 2.05) is 68.1 Å². The van der Waals surface area contributed by atoms with Crippen LogP contribution in [-0.2, 0) is 16.9 Å². The Morgan fingerprint density at radius 2 is 1.77 bits per heavy atom. The summed E-state index contributed by atoms with van der Waals surface area (Å²) < 4.78 is 0. The van der Waals surface area contributed by atoms with Crippen LogP contribution in [0.5, 0.6) is 0 Å². The zero-order chi connectivity index (χ0) is 31.4. The highest BCUT2D eigenvalue weighted by Gasteiger charge is 2.44. The predicted octanol–water partition coefficient (Wildman–Crippen LogP) is 4.31. The minimum Gasteiger partial charge on any atom is -0.365 e. The van der Waals surface area contributed by atoms with Crippen molar-refractivity contribution in [3.8, 4) is 0 Å². The second kappa shape index (κ2) is 12.9. The topological polar surface area (TPSA) is 126 Å². The van der Waals surface area contributed by atoms with E-state index >= 15 is 0 Å². The maximum atomic E-state index is 13.7. The van der Waals surface area contributed by atoms with Gasteiger partial charge in [0.1, 0.15) is 0 Å². The first-order valence-electron chi connectivity index (χ1n) is 15.0. The number of rotatable bonds is 9. The molecule has 2 aliphatic heterocycles. The molecule has 0 bridgehead atoms. The summed E-state index contributed by atoms with van der Waals surface area (Å²) in [5.74, 6) is 0.438. The molecule has 0 spiro atoms. The second-order valence-electron chi connectivity index (χ2n) is 12.2. The molecular formula is C33H42N8O3. The summed E-state index contributed by atoms with van der Waals surface area (Å²) in [5, 5.41) is 17.3. The monoisotopic (exact) mass is 598 g/mol. The van der Waals surface area contributed by atoms with Crippen LogP contribution in [0.4, 0.5) is 16.3 Å². The third-order valence-corrected chi connectivity index (χ3v) is 8.47. The van der Waals surface area contributed by atoms with E-state index in [1.54, 1.807) is 24.3 Å². The molecule has 1 atom stereocenters. The third-order valence-electron chi connectivity index (χ3n) is 8.47. The minimum atomic E-state index is -0.564. The van der Waals surface area contributed by atoms with Gasteiger partial charge in [-0.1, -0.05) is 36.9 Å². The van der Waals surface area contributed by atoms with Gasteiger partial charge in [-0.2, -0.15) is 5.10 Å². The van der Waals surface area contributed by atoms with Crippen molar-refractivity contribution >= 4 is 29.4 Å². The molecule has 0 unspecified atom stereocenters. The number of hydrogen-bond donors (Lipinski definition) is 4. The van der Waals surface area contributed by atoms with E-state index in [0.717, 1.165) is 35.5 Å². The third kappa shape index (κ3) is 6.62. The van der Waals surface area contributed by atoms with E-state index in [4.69, 9.17) is 0 Å². The maximum Gasteiger partial charge on any atom is 0.319 e. The number of aromatic nitrogens is 2. The molecule has 2 aliphatic rings. The van der Waals surface area contributed by atoms with Crippen LogP contribution in [0.15, 0.2) is 67.3 Å². The van der Waals surface area contributed by atoms with Crippen molar-refractivity contribution < 1.29 is 14.4 Å². The van der Waals surface area contributed by atoms with Gasteiger partial charge in [-0.3, -0.25) is 14.7 Å². The number of likely N-dealkylation sites (tertiary alicyclic amines) is 1. The molecule has 1 fully saturated rings. The van der Waals surface area contributed by atoms with E-state index in [1.165, 1.54) is 6.08 Å². The van der Waals surface area contributed by atoms with Gasteiger partial charge in [-0.15, -0.1) is 0 Å². The molecule has 2 aromatic carbocycles. The molecule has 1 aromatic heterocycles. The van der Waals surface area contributed by atoms with E-state index in [2.05, 4.69) is 37.6 Å². The van der Waals surface area contributed by atoms with Crippen LogP contribution in [0.3, 0.4) is 0 Å². The highest BCUT2D eigenvalue weighted by molar-refractivity contribution is 5.99. The summed E-state index contributed by atoms with van der Waals surface area (Å²) in [4.78, 5) is 44.1. The second-order valence-corrected chi connectivity index (χ2v) is 12.2. The van der Waals surface area contributed by atoms with Gasteiger partial charge < -0.3 is 30.7 Å². The SMILES string of the molecule is C=CC(=O)Nc1ccc(C(=O)N2CCC(Nc3n[nH]c4c3CN(C(=O)N[C@H](CN(C)C)c3ccccc3)C4(C)C)CC2)cc1. The summed E-state index contributed by atoms with van der Waals surface area (Å²) in [6.45, 7) is 9.88. The van der Waals surface area contributed by atoms with E-state index in [0.29, 0.717) is 37.4 Å². The lowest BCUT2D eigenvalue weighted by Gasteiger charge is -2.34. The Balaban J connectivity index is 1.19. The first-order chi connectivity index (χ1) is 21.1. The smallest absolute Gasteiger partial charge is 0.319 e. The van der Waals surface area contributed by atoms with Crippen molar-refractivity contribution in [3.05, 3.63) is 89.6 Å². The van der Waals surface area contributed by atoms with Gasteiger partial charge in [-0.05, 0) is 76.7 Å². The molecule has 0 aliphatic carbocycles. The molecule has 0 saturated carbocycles. The lowest BCUT2D eigenvalue weighted by atomic mass is 10.0. The van der Waals surface area contributed by atoms with Crippen molar-refractivity contribution in [2.45, 2.75) is 50.9 Å². The van der Waals surface area contributed by atoms with Crippen molar-refractivity contribution in [3.63, 3.8) is 0 Å². The van der Waals surface area contributed by atoms with Gasteiger partial charge in [0.15, 0.2) is 5.82 Å². The highest BCUT2D eigenvalue weighted by Crippen LogP contribution is 2.41. The molecule has 4 N–H and O–H groups in total. The molecule has 5 rings (SSSR count). The van der Waals surface area contributed by atoms with Gasteiger partial charge in [0, 0.05) is 42.5 Å². The van der Waals surface area contributed by atoms with Gasteiger partial charge in [0.2, 0.25) is 5.91 Å². The number of benzene rings is 2. The van der Waals surface area contributed by atoms with E-state index in [-0.39, 0.29) is 29.9 Å². The summed E-state index contributed by atoms with van der Waals surface area (Å²) in [6, 6.07) is 16.8. The molecule has 11 heteroatoms. The average molecular weight is 599 g/mol. The standard InChI is InChI=1S/C33H42N8O3/c1-6-28(42)34-24-14-12-23(13-15-24)31(43)40-18-16-25(17-19-40)35-30-26-20-41(33(2,3)29(26)37-38-30)32(44)36-27(21-39(4)5)22-10-8-7-9-11-22/h6-15,25,27H,1,16-21H2,2-5H3,(H,34,42)(H,36,44)(H2,35,37,38)/t27-/m1/s1. The summed E-state index contributed by atoms with van der Waals surface area (Å²) in [7, 11) is 4.00. The predicted molar refractivity (Wildman–Crippen MR) is 171 cm³/mol. The number of urea groups is 1. The van der Waals surface area contributed by atoms with E-state index < -0.39 is 5.54 Å². The van der Waals surface area contributed by atoms with Crippen LogP contribution in [0.25, 0.3) is 0 Å². The van der Waals surface area contributed by atoms with Gasteiger partial charge in [0.25, 0.3) is 5.91 Å². The van der Waals surface area contributed by atoms with Gasteiger partial charge in [0.05, 0.1) is 23.8 Å². The fourth-order valence-corrected chi connectivity index (χ4v) is 5.97. The van der Waals surface area contributed by atoms with Crippen LogP contribution in [-0.4, -0.2) is 82.5 Å². The van der Waals surface area contributed by atoms with Crippen LogP contribution < -0.4 is 16.0 Å². The Labute approximate surface area is 258 Å². The Morgan fingerprint density at radius 3 is 2.41 bits per heavy atom. The normalized spacial score (nSPS) is 16.8. The number of piperidine rings is 1. The minimum absolute atomic E-state index is 0.0304. The van der Waals surface area contributed by atoms with Crippen molar-refractivity contribution in [2.75, 3.05) is 44.4 Å². The summed E-state index contributed by atoms with van der Waals surface area (Å²) in [6.07, 6.45) is 2.76. The fourth-order valence-electron chi connectivity index (χ4n) is 5.97. The van der Waals surface area contributed by atoms with Gasteiger partial charge in [-0.25, -0.2) is 4.79 Å². The number of aromatic amines is 1. The lowest BCUT2D eigenvalue weighted by Crippen LogP contribution is -2.48. The number of nitrogens with zero attached hydrogens (tertiary/aromatic N) is 4. The Bertz CT molecular complexity index is 1490. The van der Waals surface area contributed by atoms with Crippen LogP contribution in [0, 0.1) is 0 Å². The number of fused-ring (bicyclic) bond motifs is 1. The molecule has 3 aromatic rings. The number of carbonyl (C=O) groups is 3. The molecule has 0 radical (unpaired) electrons. The maximum absolute atomic E-state index is 13.7. The van der Waals surface area contributed by atoms with Crippen molar-refractivity contribution in [2.24, 2.45) is 0 Å². The Morgan fingerprint density at radius 1 is 1.09 bits per heavy atom. The number of nitrogens with one attached hydrogen (secondary N) is 4. The number of likely N-dealkylation sites (N-methyl/N-ethyl adjacent to an activating group) is 1. The number of H-pyrrole nitrogens is 1. The van der Waals surface area contributed by atoms with Crippen LogP contribution in [0.1, 0.15) is 59.9 Å². The number of carbonyl (C=O) groups excluding carboxylic acids is 3. The average Bonchev–Trinajstić information content (AvgIpc) is 3.54. The first kappa shape index (κ1) is 30.8. The summed E-state index contributed by atoms with van der Waals surface area (Å²) >= 11 is 0. The van der Waals surface area contributed by atoms with Crippen LogP contribution in [0.2, 0.25) is 0 Å². The molecule has 3 heterocycles. The molecule has 44 heavy (non-hydrogen) atoms. The van der Waals surface area contributed by atoms with Crippen molar-refractivity contribution in [1.29, 1.82) is 0 Å². The molecule has 11 nitrogen and oxygen atoms in total.